The Kier molecular flexibility index (Phi) is 4.90. The van der Waals surface area contributed by atoms with Crippen LogP contribution in [-0.4, -0.2) is 42.5 Å². The van der Waals surface area contributed by atoms with Crippen LogP contribution in [0.2, 0.25) is 0 Å². The molecular weight excluding hydrogens is 318 g/mol. The standard InChI is InChI=1S/C19H23N3O3/c1-12(20)19(24)22-9-5-8-16(22)18(23)21-14-10-13-6-3-4-7-15(13)17(11-14)25-2/h3-4,6-7,10-12,16H,5,8-9,20H2,1-2H3,(H,21,23)/p+1/t12-,16-/m0/s1. The number of anilines is 1. The number of carbonyl (C=O) groups excluding carboxylic acids is 2. The molecule has 2 atom stereocenters. The van der Waals surface area contributed by atoms with Gasteiger partial charge in [-0.3, -0.25) is 9.59 Å². The number of benzene rings is 2. The van der Waals surface area contributed by atoms with E-state index in [0.29, 0.717) is 24.4 Å². The summed E-state index contributed by atoms with van der Waals surface area (Å²) >= 11 is 0. The number of rotatable bonds is 4. The molecule has 1 saturated heterocycles. The van der Waals surface area contributed by atoms with E-state index >= 15 is 0 Å². The Morgan fingerprint density at radius 3 is 2.80 bits per heavy atom. The first-order valence-electron chi connectivity index (χ1n) is 8.52. The first-order chi connectivity index (χ1) is 12.0. The van der Waals surface area contributed by atoms with E-state index in [0.717, 1.165) is 17.2 Å². The van der Waals surface area contributed by atoms with E-state index in [-0.39, 0.29) is 17.9 Å². The van der Waals surface area contributed by atoms with Crippen LogP contribution in [0.4, 0.5) is 5.69 Å². The Balaban J connectivity index is 1.83. The van der Waals surface area contributed by atoms with Crippen molar-refractivity contribution in [2.75, 3.05) is 19.0 Å². The molecule has 4 N–H and O–H groups in total. The van der Waals surface area contributed by atoms with Gasteiger partial charge in [-0.1, -0.05) is 24.3 Å². The van der Waals surface area contributed by atoms with Gasteiger partial charge in [0.15, 0.2) is 6.04 Å². The predicted molar refractivity (Wildman–Crippen MR) is 96.2 cm³/mol. The minimum absolute atomic E-state index is 0.0752. The molecule has 0 unspecified atom stereocenters. The van der Waals surface area contributed by atoms with Crippen molar-refractivity contribution in [2.24, 2.45) is 0 Å². The van der Waals surface area contributed by atoms with E-state index in [4.69, 9.17) is 4.74 Å². The fraction of sp³-hybridized carbons (Fsp3) is 0.368. The number of nitrogens with one attached hydrogen (secondary N) is 1. The summed E-state index contributed by atoms with van der Waals surface area (Å²) in [6, 6.07) is 10.8. The smallest absolute Gasteiger partial charge is 0.281 e. The highest BCUT2D eigenvalue weighted by Crippen LogP contribution is 2.30. The highest BCUT2D eigenvalue weighted by molar-refractivity contribution is 6.00. The lowest BCUT2D eigenvalue weighted by atomic mass is 10.1. The molecule has 1 aliphatic rings. The van der Waals surface area contributed by atoms with Gasteiger partial charge in [-0.05, 0) is 31.2 Å². The van der Waals surface area contributed by atoms with E-state index < -0.39 is 6.04 Å². The number of likely N-dealkylation sites (tertiary alicyclic amines) is 1. The lowest BCUT2D eigenvalue weighted by Crippen LogP contribution is -2.67. The molecule has 2 amide bonds. The number of quaternary nitrogens is 1. The number of nitrogens with zero attached hydrogens (tertiary/aromatic N) is 1. The summed E-state index contributed by atoms with van der Waals surface area (Å²) < 4.78 is 5.44. The SMILES string of the molecule is COc1cc(NC(=O)[C@@H]2CCCN2C(=O)[C@H](C)[NH3+])cc2ccccc12. The summed E-state index contributed by atoms with van der Waals surface area (Å²) in [6.45, 7) is 2.36. The Bertz CT molecular complexity index is 804. The normalized spacial score (nSPS) is 18.2. The summed E-state index contributed by atoms with van der Waals surface area (Å²) in [7, 11) is 1.61. The Hall–Kier alpha value is -2.60. The molecular formula is C19H24N3O3+. The maximum atomic E-state index is 12.7. The predicted octanol–water partition coefficient (Wildman–Crippen LogP) is 1.41. The molecule has 0 aliphatic carbocycles. The zero-order valence-corrected chi connectivity index (χ0v) is 14.6. The third-order valence-electron chi connectivity index (χ3n) is 4.57. The fourth-order valence-electron chi connectivity index (χ4n) is 3.33. The van der Waals surface area contributed by atoms with Gasteiger partial charge in [-0.2, -0.15) is 0 Å². The van der Waals surface area contributed by atoms with Crippen LogP contribution in [0, 0.1) is 0 Å². The zero-order valence-electron chi connectivity index (χ0n) is 14.6. The third kappa shape index (κ3) is 3.44. The largest absolute Gasteiger partial charge is 0.496 e. The van der Waals surface area contributed by atoms with Gasteiger partial charge in [0.05, 0.1) is 7.11 Å². The average molecular weight is 342 g/mol. The molecule has 0 bridgehead atoms. The van der Waals surface area contributed by atoms with Crippen molar-refractivity contribution in [3.63, 3.8) is 0 Å². The molecule has 1 aliphatic heterocycles. The van der Waals surface area contributed by atoms with Crippen molar-refractivity contribution in [3.05, 3.63) is 36.4 Å². The molecule has 25 heavy (non-hydrogen) atoms. The number of fused-ring (bicyclic) bond motifs is 1. The summed E-state index contributed by atoms with van der Waals surface area (Å²) in [5, 5.41) is 4.92. The number of methoxy groups -OCH3 is 1. The molecule has 0 radical (unpaired) electrons. The maximum Gasteiger partial charge on any atom is 0.281 e. The molecule has 1 fully saturated rings. The lowest BCUT2D eigenvalue weighted by Gasteiger charge is -2.24. The molecule has 0 aromatic heterocycles. The molecule has 3 rings (SSSR count). The van der Waals surface area contributed by atoms with Gasteiger partial charge in [0.25, 0.3) is 5.91 Å². The highest BCUT2D eigenvalue weighted by Gasteiger charge is 2.36. The van der Waals surface area contributed by atoms with E-state index in [1.165, 1.54) is 0 Å². The van der Waals surface area contributed by atoms with E-state index in [1.807, 2.05) is 36.4 Å². The topological polar surface area (TPSA) is 86.3 Å². The van der Waals surface area contributed by atoms with Crippen LogP contribution < -0.4 is 15.8 Å². The van der Waals surface area contributed by atoms with E-state index in [9.17, 15) is 9.59 Å². The van der Waals surface area contributed by atoms with Crippen LogP contribution in [0.25, 0.3) is 10.8 Å². The number of hydrogen-bond donors (Lipinski definition) is 2. The van der Waals surface area contributed by atoms with Crippen molar-refractivity contribution in [1.82, 2.24) is 4.90 Å². The average Bonchev–Trinajstić information content (AvgIpc) is 3.09. The molecule has 2 aromatic rings. The lowest BCUT2D eigenvalue weighted by molar-refractivity contribution is -0.400. The van der Waals surface area contributed by atoms with Crippen molar-refractivity contribution in [1.29, 1.82) is 0 Å². The minimum atomic E-state index is -0.436. The molecule has 6 nitrogen and oxygen atoms in total. The molecule has 0 spiro atoms. The molecule has 2 aromatic carbocycles. The van der Waals surface area contributed by atoms with Gasteiger partial charge in [0.1, 0.15) is 11.8 Å². The van der Waals surface area contributed by atoms with Crippen LogP contribution in [-0.2, 0) is 9.59 Å². The van der Waals surface area contributed by atoms with Crippen LogP contribution in [0.15, 0.2) is 36.4 Å². The fourth-order valence-corrected chi connectivity index (χ4v) is 3.33. The van der Waals surface area contributed by atoms with E-state index in [1.54, 1.807) is 18.9 Å². The Morgan fingerprint density at radius 1 is 1.32 bits per heavy atom. The number of amides is 2. The van der Waals surface area contributed by atoms with Gasteiger partial charge in [-0.25, -0.2) is 0 Å². The second kappa shape index (κ2) is 7.11. The van der Waals surface area contributed by atoms with Gasteiger partial charge in [-0.15, -0.1) is 0 Å². The van der Waals surface area contributed by atoms with Gasteiger partial charge < -0.3 is 20.7 Å². The van der Waals surface area contributed by atoms with Crippen LogP contribution in [0.3, 0.4) is 0 Å². The van der Waals surface area contributed by atoms with Crippen LogP contribution >= 0.6 is 0 Å². The summed E-state index contributed by atoms with van der Waals surface area (Å²) in [5.41, 5.74) is 4.45. The number of hydrogen-bond acceptors (Lipinski definition) is 3. The van der Waals surface area contributed by atoms with Crippen molar-refractivity contribution < 1.29 is 20.1 Å². The first-order valence-corrected chi connectivity index (χ1v) is 8.52. The third-order valence-corrected chi connectivity index (χ3v) is 4.57. The molecule has 132 valence electrons. The quantitative estimate of drug-likeness (QED) is 0.881. The van der Waals surface area contributed by atoms with Gasteiger partial charge in [0.2, 0.25) is 5.91 Å². The van der Waals surface area contributed by atoms with Gasteiger partial charge >= 0.3 is 0 Å². The summed E-state index contributed by atoms with van der Waals surface area (Å²) in [4.78, 5) is 26.6. The second-order valence-corrected chi connectivity index (χ2v) is 6.48. The Morgan fingerprint density at radius 2 is 2.08 bits per heavy atom. The van der Waals surface area contributed by atoms with Crippen LogP contribution in [0.1, 0.15) is 19.8 Å². The van der Waals surface area contributed by atoms with Crippen LogP contribution in [0.5, 0.6) is 5.75 Å². The number of carbonyl (C=O) groups is 2. The number of ether oxygens (including phenoxy) is 1. The molecule has 0 saturated carbocycles. The molecule has 6 heteroatoms. The monoisotopic (exact) mass is 342 g/mol. The van der Waals surface area contributed by atoms with Crippen molar-refractivity contribution >= 4 is 28.3 Å². The maximum absolute atomic E-state index is 12.7. The highest BCUT2D eigenvalue weighted by atomic mass is 16.5. The van der Waals surface area contributed by atoms with Crippen molar-refractivity contribution in [3.8, 4) is 5.75 Å². The van der Waals surface area contributed by atoms with Gasteiger partial charge in [0, 0.05) is 23.7 Å². The Labute approximate surface area is 146 Å². The molecule has 1 heterocycles. The van der Waals surface area contributed by atoms with Crippen molar-refractivity contribution in [2.45, 2.75) is 31.8 Å². The summed E-state index contributed by atoms with van der Waals surface area (Å²) in [6.07, 6.45) is 1.51. The first kappa shape index (κ1) is 17.2. The van der Waals surface area contributed by atoms with E-state index in [2.05, 4.69) is 11.1 Å². The zero-order chi connectivity index (χ0) is 18.0. The summed E-state index contributed by atoms with van der Waals surface area (Å²) in [5.74, 6) is 0.469. The minimum Gasteiger partial charge on any atom is -0.496 e. The second-order valence-electron chi connectivity index (χ2n) is 6.48.